The highest BCUT2D eigenvalue weighted by Gasteiger charge is 2.31. The molecule has 0 radical (unpaired) electrons. The number of para-hydroxylation sites is 1. The monoisotopic (exact) mass is 553 g/mol. The van der Waals surface area contributed by atoms with E-state index < -0.39 is 17.7 Å². The first kappa shape index (κ1) is 29.4. The zero-order valence-corrected chi connectivity index (χ0v) is 23.9. The first-order chi connectivity index (χ1) is 19.1. The number of likely N-dealkylation sites (tertiary alicyclic amines) is 1. The van der Waals surface area contributed by atoms with Gasteiger partial charge in [-0.1, -0.05) is 37.5 Å². The maximum Gasteiger partial charge on any atom is 0.408 e. The van der Waals surface area contributed by atoms with Crippen molar-refractivity contribution in [3.8, 4) is 0 Å². The lowest BCUT2D eigenvalue weighted by atomic mass is 9.93. The average Bonchev–Trinajstić information content (AvgIpc) is 3.33. The number of carbonyl (C=O) groups is 4. The molecule has 4 N–H and O–H groups in total. The van der Waals surface area contributed by atoms with Crippen molar-refractivity contribution >= 4 is 34.7 Å². The first-order valence-electron chi connectivity index (χ1n) is 14.5. The number of hydrogen-bond acceptors (Lipinski definition) is 5. The van der Waals surface area contributed by atoms with Gasteiger partial charge in [0.2, 0.25) is 17.7 Å². The Kier molecular flexibility index (Phi) is 9.71. The van der Waals surface area contributed by atoms with Crippen LogP contribution in [-0.2, 0) is 25.5 Å². The van der Waals surface area contributed by atoms with Crippen LogP contribution in [0.3, 0.4) is 0 Å². The second-order valence-corrected chi connectivity index (χ2v) is 12.0. The van der Waals surface area contributed by atoms with E-state index in [1.54, 1.807) is 25.7 Å². The number of alkyl carbamates (subject to hydrolysis) is 1. The van der Waals surface area contributed by atoms with Gasteiger partial charge in [-0.15, -0.1) is 0 Å². The van der Waals surface area contributed by atoms with Gasteiger partial charge in [0.05, 0.1) is 0 Å². The number of nitrogens with zero attached hydrogens (tertiary/aromatic N) is 1. The van der Waals surface area contributed by atoms with Crippen LogP contribution in [0.15, 0.2) is 30.5 Å². The van der Waals surface area contributed by atoms with Crippen LogP contribution in [0.4, 0.5) is 4.79 Å². The molecule has 0 unspecified atom stereocenters. The van der Waals surface area contributed by atoms with Crippen LogP contribution in [0, 0.1) is 5.92 Å². The van der Waals surface area contributed by atoms with Crippen LogP contribution in [0.2, 0.25) is 0 Å². The molecule has 1 saturated carbocycles. The number of nitrogens with one attached hydrogen (secondary N) is 4. The SMILES string of the molecule is CC(C)(C)OC(=O)NCC(=O)N1CCC(C(=O)N[C@@H](Cc2c[nH]c3ccccc23)C(=O)NC2CCCCC2)CC1. The Hall–Kier alpha value is -3.56. The number of fused-ring (bicyclic) bond motifs is 1. The lowest BCUT2D eigenvalue weighted by molar-refractivity contribution is -0.136. The van der Waals surface area contributed by atoms with E-state index in [2.05, 4.69) is 20.9 Å². The summed E-state index contributed by atoms with van der Waals surface area (Å²) in [6.45, 7) is 5.95. The molecule has 1 aliphatic carbocycles. The summed E-state index contributed by atoms with van der Waals surface area (Å²) >= 11 is 0. The average molecular weight is 554 g/mol. The first-order valence-corrected chi connectivity index (χ1v) is 14.5. The molecule has 0 spiro atoms. The van der Waals surface area contributed by atoms with E-state index >= 15 is 0 Å². The van der Waals surface area contributed by atoms with Crippen LogP contribution in [0.25, 0.3) is 10.9 Å². The van der Waals surface area contributed by atoms with Crippen LogP contribution in [0.1, 0.15) is 71.3 Å². The van der Waals surface area contributed by atoms with E-state index in [4.69, 9.17) is 4.74 Å². The minimum absolute atomic E-state index is 0.146. The van der Waals surface area contributed by atoms with Crippen molar-refractivity contribution in [3.05, 3.63) is 36.0 Å². The Bertz CT molecular complexity index is 1190. The third kappa shape index (κ3) is 8.22. The van der Waals surface area contributed by atoms with Crippen molar-refractivity contribution in [2.45, 2.75) is 89.8 Å². The largest absolute Gasteiger partial charge is 0.444 e. The Labute approximate surface area is 236 Å². The molecule has 218 valence electrons. The van der Waals surface area contributed by atoms with Crippen LogP contribution >= 0.6 is 0 Å². The summed E-state index contributed by atoms with van der Waals surface area (Å²) in [5.74, 6) is -0.821. The fourth-order valence-electron chi connectivity index (χ4n) is 5.53. The number of amides is 4. The van der Waals surface area contributed by atoms with E-state index in [-0.39, 0.29) is 36.2 Å². The number of benzene rings is 1. The maximum absolute atomic E-state index is 13.4. The molecular formula is C30H43N5O5. The molecule has 40 heavy (non-hydrogen) atoms. The Morgan fingerprint density at radius 2 is 1.73 bits per heavy atom. The van der Waals surface area contributed by atoms with Crippen molar-refractivity contribution in [2.75, 3.05) is 19.6 Å². The van der Waals surface area contributed by atoms with Gasteiger partial charge in [0.15, 0.2) is 0 Å². The highest BCUT2D eigenvalue weighted by molar-refractivity contribution is 5.90. The molecule has 0 bridgehead atoms. The number of piperidine rings is 1. The second-order valence-electron chi connectivity index (χ2n) is 12.0. The normalized spacial score (nSPS) is 17.7. The van der Waals surface area contributed by atoms with E-state index in [1.165, 1.54) is 6.42 Å². The quantitative estimate of drug-likeness (QED) is 0.398. The van der Waals surface area contributed by atoms with Gasteiger partial charge in [-0.3, -0.25) is 14.4 Å². The predicted octanol–water partition coefficient (Wildman–Crippen LogP) is 3.41. The van der Waals surface area contributed by atoms with Crippen molar-refractivity contribution in [3.63, 3.8) is 0 Å². The van der Waals surface area contributed by atoms with Crippen LogP contribution < -0.4 is 16.0 Å². The zero-order valence-electron chi connectivity index (χ0n) is 23.9. The summed E-state index contributed by atoms with van der Waals surface area (Å²) in [5, 5.41) is 9.77. The van der Waals surface area contributed by atoms with Gasteiger partial charge >= 0.3 is 6.09 Å². The molecule has 1 saturated heterocycles. The van der Waals surface area contributed by atoms with Gasteiger partial charge in [-0.25, -0.2) is 4.79 Å². The third-order valence-corrected chi connectivity index (χ3v) is 7.68. The smallest absolute Gasteiger partial charge is 0.408 e. The molecule has 1 aromatic heterocycles. The molecule has 10 heteroatoms. The second kappa shape index (κ2) is 13.2. The van der Waals surface area contributed by atoms with Gasteiger partial charge in [-0.05, 0) is 58.1 Å². The molecular weight excluding hydrogens is 510 g/mol. The molecule has 2 heterocycles. The lowest BCUT2D eigenvalue weighted by Crippen LogP contribution is -2.53. The highest BCUT2D eigenvalue weighted by Crippen LogP contribution is 2.22. The van der Waals surface area contributed by atoms with Crippen molar-refractivity contribution in [1.29, 1.82) is 0 Å². The lowest BCUT2D eigenvalue weighted by Gasteiger charge is -2.32. The molecule has 4 rings (SSSR count). The number of aromatic nitrogens is 1. The van der Waals surface area contributed by atoms with E-state index in [1.807, 2.05) is 30.5 Å². The zero-order chi connectivity index (χ0) is 28.7. The number of carbonyl (C=O) groups excluding carboxylic acids is 4. The summed E-state index contributed by atoms with van der Waals surface area (Å²) < 4.78 is 5.18. The van der Waals surface area contributed by atoms with Gasteiger partial charge in [0.1, 0.15) is 18.2 Å². The molecule has 1 aliphatic heterocycles. The van der Waals surface area contributed by atoms with Crippen LogP contribution in [0.5, 0.6) is 0 Å². The minimum atomic E-state index is -0.689. The number of rotatable bonds is 8. The molecule has 10 nitrogen and oxygen atoms in total. The molecule has 2 fully saturated rings. The molecule has 1 aromatic carbocycles. The summed E-state index contributed by atoms with van der Waals surface area (Å²) in [4.78, 5) is 56.1. The van der Waals surface area contributed by atoms with Gasteiger partial charge in [0.25, 0.3) is 0 Å². The Balaban J connectivity index is 1.33. The van der Waals surface area contributed by atoms with Crippen molar-refractivity contribution < 1.29 is 23.9 Å². The van der Waals surface area contributed by atoms with Crippen LogP contribution in [-0.4, -0.2) is 71.0 Å². The molecule has 4 amide bonds. The van der Waals surface area contributed by atoms with E-state index in [0.29, 0.717) is 32.4 Å². The van der Waals surface area contributed by atoms with E-state index in [0.717, 1.165) is 42.1 Å². The standard InChI is InChI=1S/C30H43N5O5/c1-30(2,3)40-29(39)32-19-26(36)35-15-13-20(14-16-35)27(37)34-25(28(38)33-22-9-5-4-6-10-22)17-21-18-31-24-12-8-7-11-23(21)24/h7-8,11-12,18,20,22,25,31H,4-6,9-10,13-17,19H2,1-3H3,(H,32,39)(H,33,38)(H,34,37)/t25-/m0/s1. The summed E-state index contributed by atoms with van der Waals surface area (Å²) in [5.41, 5.74) is 1.34. The molecule has 2 aliphatic rings. The molecule has 1 atom stereocenters. The molecule has 2 aromatic rings. The highest BCUT2D eigenvalue weighted by atomic mass is 16.6. The fraction of sp³-hybridized carbons (Fsp3) is 0.600. The number of aromatic amines is 1. The summed E-state index contributed by atoms with van der Waals surface area (Å²) in [7, 11) is 0. The van der Waals surface area contributed by atoms with Crippen molar-refractivity contribution in [2.24, 2.45) is 5.92 Å². The number of hydrogen-bond donors (Lipinski definition) is 4. The van der Waals surface area contributed by atoms with Gasteiger partial charge < -0.3 is 30.6 Å². The topological polar surface area (TPSA) is 133 Å². The predicted molar refractivity (Wildman–Crippen MR) is 152 cm³/mol. The third-order valence-electron chi connectivity index (χ3n) is 7.68. The van der Waals surface area contributed by atoms with E-state index in [9.17, 15) is 19.2 Å². The summed E-state index contributed by atoms with van der Waals surface area (Å²) in [6.07, 6.45) is 7.99. The van der Waals surface area contributed by atoms with Gasteiger partial charge in [-0.2, -0.15) is 0 Å². The number of ether oxygens (including phenoxy) is 1. The summed E-state index contributed by atoms with van der Waals surface area (Å²) in [6, 6.07) is 7.39. The Morgan fingerprint density at radius 1 is 1.02 bits per heavy atom. The van der Waals surface area contributed by atoms with Crippen molar-refractivity contribution in [1.82, 2.24) is 25.8 Å². The van der Waals surface area contributed by atoms with Gasteiger partial charge in [0, 0.05) is 48.6 Å². The number of H-pyrrole nitrogens is 1. The fourth-order valence-corrected chi connectivity index (χ4v) is 5.53. The Morgan fingerprint density at radius 3 is 2.42 bits per heavy atom. The maximum atomic E-state index is 13.4. The minimum Gasteiger partial charge on any atom is -0.444 e.